The van der Waals surface area contributed by atoms with Crippen LogP contribution in [0.15, 0.2) is 18.2 Å². The van der Waals surface area contributed by atoms with Gasteiger partial charge in [-0.25, -0.2) is 4.98 Å². The molecule has 0 atom stereocenters. The highest BCUT2D eigenvalue weighted by molar-refractivity contribution is 7.22. The lowest BCUT2D eigenvalue weighted by Gasteiger charge is -1.87. The number of nitrogens with one attached hydrogen (secondary N) is 1. The van der Waals surface area contributed by atoms with Crippen molar-refractivity contribution in [3.63, 3.8) is 0 Å². The van der Waals surface area contributed by atoms with Crippen LogP contribution >= 0.6 is 11.3 Å². The molecule has 0 aliphatic heterocycles. The van der Waals surface area contributed by atoms with E-state index in [0.29, 0.717) is 5.13 Å². The van der Waals surface area contributed by atoms with Crippen LogP contribution in [0.5, 0.6) is 5.75 Å². The molecule has 0 aliphatic rings. The number of hydrogen-bond donors (Lipinski definition) is 2. The van der Waals surface area contributed by atoms with Gasteiger partial charge in [-0.2, -0.15) is 5.26 Å². The van der Waals surface area contributed by atoms with Crippen LogP contribution in [0.1, 0.15) is 0 Å². The van der Waals surface area contributed by atoms with E-state index in [9.17, 15) is 0 Å². The van der Waals surface area contributed by atoms with Crippen molar-refractivity contribution in [3.8, 4) is 11.9 Å². The van der Waals surface area contributed by atoms with Crippen molar-refractivity contribution in [2.45, 2.75) is 0 Å². The summed E-state index contributed by atoms with van der Waals surface area (Å²) in [4.78, 5) is 4.12. The normalized spacial score (nSPS) is 9.77. The molecule has 5 heteroatoms. The smallest absolute Gasteiger partial charge is 0.197 e. The molecule has 0 amide bonds. The van der Waals surface area contributed by atoms with Crippen molar-refractivity contribution < 1.29 is 5.11 Å². The van der Waals surface area contributed by atoms with Crippen molar-refractivity contribution in [2.75, 3.05) is 5.32 Å². The fraction of sp³-hybridized carbons (Fsp3) is 0. The number of thiazole rings is 1. The molecular weight excluding hydrogens is 186 g/mol. The second-order valence-corrected chi connectivity index (χ2v) is 3.44. The Labute approximate surface area is 78.1 Å². The van der Waals surface area contributed by atoms with Gasteiger partial charge >= 0.3 is 0 Å². The van der Waals surface area contributed by atoms with Gasteiger partial charge in [-0.05, 0) is 18.2 Å². The zero-order valence-electron chi connectivity index (χ0n) is 6.48. The van der Waals surface area contributed by atoms with Gasteiger partial charge in [0.1, 0.15) is 5.75 Å². The maximum atomic E-state index is 9.16. The summed E-state index contributed by atoms with van der Waals surface area (Å²) in [5.74, 6) is 0.208. The van der Waals surface area contributed by atoms with Crippen LogP contribution in [0.3, 0.4) is 0 Å². The van der Waals surface area contributed by atoms with Crippen molar-refractivity contribution in [1.29, 1.82) is 5.26 Å². The van der Waals surface area contributed by atoms with Crippen molar-refractivity contribution in [2.24, 2.45) is 0 Å². The first-order valence-corrected chi connectivity index (χ1v) is 4.36. The minimum Gasteiger partial charge on any atom is -0.508 e. The number of aromatic hydroxyl groups is 1. The van der Waals surface area contributed by atoms with Crippen LogP contribution in [-0.2, 0) is 0 Å². The number of hydrogen-bond acceptors (Lipinski definition) is 5. The van der Waals surface area contributed by atoms with E-state index >= 15 is 0 Å². The highest BCUT2D eigenvalue weighted by Gasteiger charge is 2.02. The first-order valence-electron chi connectivity index (χ1n) is 3.54. The number of fused-ring (bicyclic) bond motifs is 1. The minimum absolute atomic E-state index is 0.208. The summed E-state index contributed by atoms with van der Waals surface area (Å²) in [5, 5.41) is 20.5. The first-order chi connectivity index (χ1) is 6.29. The molecule has 2 rings (SSSR count). The van der Waals surface area contributed by atoms with E-state index in [2.05, 4.69) is 10.3 Å². The third kappa shape index (κ3) is 1.39. The van der Waals surface area contributed by atoms with Gasteiger partial charge in [-0.1, -0.05) is 11.3 Å². The van der Waals surface area contributed by atoms with E-state index in [4.69, 9.17) is 10.4 Å². The molecule has 13 heavy (non-hydrogen) atoms. The molecule has 0 fully saturated rings. The zero-order valence-corrected chi connectivity index (χ0v) is 7.30. The molecule has 0 aliphatic carbocycles. The number of phenols is 1. The van der Waals surface area contributed by atoms with Crippen LogP contribution in [0, 0.1) is 11.5 Å². The van der Waals surface area contributed by atoms with Crippen LogP contribution in [-0.4, -0.2) is 10.1 Å². The molecule has 0 saturated carbocycles. The van der Waals surface area contributed by atoms with E-state index in [1.807, 2.05) is 0 Å². The molecule has 1 aromatic heterocycles. The number of anilines is 1. The fourth-order valence-electron chi connectivity index (χ4n) is 1.01. The lowest BCUT2D eigenvalue weighted by molar-refractivity contribution is 0.476. The molecule has 0 unspecified atom stereocenters. The van der Waals surface area contributed by atoms with E-state index in [0.717, 1.165) is 10.2 Å². The molecule has 1 aromatic carbocycles. The quantitative estimate of drug-likeness (QED) is 0.533. The van der Waals surface area contributed by atoms with E-state index < -0.39 is 0 Å². The molecule has 2 aromatic rings. The largest absolute Gasteiger partial charge is 0.508 e. The van der Waals surface area contributed by atoms with Crippen LogP contribution in [0.25, 0.3) is 10.2 Å². The summed E-state index contributed by atoms with van der Waals surface area (Å²) in [6.45, 7) is 0. The predicted octanol–water partition coefficient (Wildman–Crippen LogP) is 1.89. The monoisotopic (exact) mass is 191 g/mol. The van der Waals surface area contributed by atoms with Gasteiger partial charge in [-0.15, -0.1) is 0 Å². The van der Waals surface area contributed by atoms with Crippen molar-refractivity contribution in [1.82, 2.24) is 4.98 Å². The highest BCUT2D eigenvalue weighted by atomic mass is 32.1. The highest BCUT2D eigenvalue weighted by Crippen LogP contribution is 2.28. The average molecular weight is 191 g/mol. The summed E-state index contributed by atoms with van der Waals surface area (Å²) in [6.07, 6.45) is 1.79. The Hall–Kier alpha value is -1.80. The summed E-state index contributed by atoms with van der Waals surface area (Å²) >= 11 is 1.33. The lowest BCUT2D eigenvalue weighted by Crippen LogP contribution is -1.83. The maximum Gasteiger partial charge on any atom is 0.197 e. The Morgan fingerprint density at radius 1 is 1.54 bits per heavy atom. The fourth-order valence-corrected chi connectivity index (χ4v) is 1.86. The Bertz CT molecular complexity index is 486. The molecule has 0 spiro atoms. The summed E-state index contributed by atoms with van der Waals surface area (Å²) in [5.41, 5.74) is 0.778. The number of nitrogens with zero attached hydrogens (tertiary/aromatic N) is 2. The predicted molar refractivity (Wildman–Crippen MR) is 50.5 cm³/mol. The SMILES string of the molecule is N#CNc1nc2ccc(O)cc2s1. The molecule has 4 nitrogen and oxygen atoms in total. The molecule has 0 bridgehead atoms. The van der Waals surface area contributed by atoms with Gasteiger partial charge in [0.05, 0.1) is 10.2 Å². The number of rotatable bonds is 1. The second-order valence-electron chi connectivity index (χ2n) is 2.41. The maximum absolute atomic E-state index is 9.16. The topological polar surface area (TPSA) is 68.9 Å². The molecule has 0 radical (unpaired) electrons. The van der Waals surface area contributed by atoms with Crippen molar-refractivity contribution in [3.05, 3.63) is 18.2 Å². The molecule has 2 N–H and O–H groups in total. The first kappa shape index (κ1) is 7.83. The van der Waals surface area contributed by atoms with Crippen LogP contribution < -0.4 is 5.32 Å². The van der Waals surface area contributed by atoms with Crippen LogP contribution in [0.2, 0.25) is 0 Å². The standard InChI is InChI=1S/C8H5N3OS/c9-4-10-8-11-6-2-1-5(12)3-7(6)13-8/h1-3,12H,(H,10,11). The van der Waals surface area contributed by atoms with Gasteiger partial charge < -0.3 is 5.11 Å². The van der Waals surface area contributed by atoms with Gasteiger partial charge in [0, 0.05) is 0 Å². The summed E-state index contributed by atoms with van der Waals surface area (Å²) < 4.78 is 0.859. The molecule has 1 heterocycles. The minimum atomic E-state index is 0.208. The average Bonchev–Trinajstić information content (AvgIpc) is 2.46. The van der Waals surface area contributed by atoms with E-state index in [1.165, 1.54) is 11.3 Å². The van der Waals surface area contributed by atoms with Crippen molar-refractivity contribution >= 4 is 26.7 Å². The van der Waals surface area contributed by atoms with E-state index in [-0.39, 0.29) is 5.75 Å². The van der Waals surface area contributed by atoms with Gasteiger partial charge in [-0.3, -0.25) is 5.32 Å². The van der Waals surface area contributed by atoms with Gasteiger partial charge in [0.2, 0.25) is 0 Å². The van der Waals surface area contributed by atoms with Gasteiger partial charge in [0.25, 0.3) is 0 Å². The Morgan fingerprint density at radius 2 is 2.38 bits per heavy atom. The molecule has 64 valence electrons. The number of aromatic nitrogens is 1. The number of nitriles is 1. The van der Waals surface area contributed by atoms with Gasteiger partial charge in [0.15, 0.2) is 11.3 Å². The summed E-state index contributed by atoms with van der Waals surface area (Å²) in [6, 6.07) is 4.90. The second kappa shape index (κ2) is 2.92. The Morgan fingerprint density at radius 3 is 3.15 bits per heavy atom. The number of phenolic OH excluding ortho intramolecular Hbond substituents is 1. The Kier molecular flexibility index (Phi) is 1.76. The summed E-state index contributed by atoms with van der Waals surface area (Å²) in [7, 11) is 0. The lowest BCUT2D eigenvalue weighted by atomic mass is 10.3. The van der Waals surface area contributed by atoms with Crippen LogP contribution in [0.4, 0.5) is 5.13 Å². The van der Waals surface area contributed by atoms with E-state index in [1.54, 1.807) is 24.4 Å². The molecular formula is C8H5N3OS. The molecule has 0 saturated heterocycles. The Balaban J connectivity index is 2.57. The number of benzene rings is 1. The third-order valence-electron chi connectivity index (χ3n) is 1.53. The zero-order chi connectivity index (χ0) is 9.26. The third-order valence-corrected chi connectivity index (χ3v) is 2.47.